The molecule has 2 bridgehead atoms. The standard InChI is InChI=1S/C46H71N13O13S3/c1-72-22-36(61)50-15-7-6-13-29-41(67)58-33-24-73-17-8-3-9-18-74-25-34(45(71)56-30(19-27-11-4-2-5-12-27)42(68)57-32(39(47)65)23-75-26-37(62)53-29)59-43(69)31(20-38(63)64)54-35(60)21-52-40(66)28(55-44(33)70)14-10-16-51-46(48)49/h2,4-5,11-12,28-34H,3,6-10,13-26H2,1H3,(H2,47,65)(H,50,61)(H,52,66)(H,53,62)(H,54,60)(H,55,70)(H,56,71)(H,57,68)(H,58,67)(H,59,69)(H,63,64)(H4,48,49,51)/t28-,29-,30-,31-,32-,33-,34-/m0/s1. The maximum atomic E-state index is 14.3. The minimum atomic E-state index is -1.77. The van der Waals surface area contributed by atoms with Gasteiger partial charge in [-0.15, -0.1) is 11.8 Å². The number of unbranched alkanes of at least 4 members (excludes halogenated alkanes) is 1. The molecule has 7 atom stereocenters. The van der Waals surface area contributed by atoms with E-state index in [-0.39, 0.29) is 80.3 Å². The number of nitrogens with zero attached hydrogens (tertiary/aromatic N) is 1. The Morgan fingerprint density at radius 2 is 1.25 bits per heavy atom. The van der Waals surface area contributed by atoms with Gasteiger partial charge in [-0.3, -0.25) is 57.7 Å². The number of carbonyl (C=O) groups excluding carboxylic acids is 10. The highest BCUT2D eigenvalue weighted by atomic mass is 32.2. The van der Waals surface area contributed by atoms with Gasteiger partial charge >= 0.3 is 5.97 Å². The number of hydrogen-bond donors (Lipinski definition) is 13. The Kier molecular flexibility index (Phi) is 29.4. The van der Waals surface area contributed by atoms with Crippen molar-refractivity contribution < 1.29 is 62.6 Å². The minimum Gasteiger partial charge on any atom is -0.481 e. The average molecular weight is 1110 g/mol. The molecule has 1 aromatic rings. The quantitative estimate of drug-likeness (QED) is 0.0427. The second-order valence-electron chi connectivity index (χ2n) is 17.4. The molecule has 75 heavy (non-hydrogen) atoms. The number of benzene rings is 1. The molecule has 2 saturated heterocycles. The van der Waals surface area contributed by atoms with Gasteiger partial charge in [0.05, 0.1) is 18.7 Å². The van der Waals surface area contributed by atoms with E-state index in [0.717, 1.165) is 11.8 Å². The minimum absolute atomic E-state index is 0.0199. The van der Waals surface area contributed by atoms with E-state index < -0.39 is 114 Å². The van der Waals surface area contributed by atoms with Crippen molar-refractivity contribution in [2.75, 3.05) is 67.9 Å². The molecule has 0 spiro atoms. The molecule has 16 N–H and O–H groups in total. The normalized spacial score (nSPS) is 23.9. The molecule has 2 heterocycles. The molecule has 1 aromatic carbocycles. The van der Waals surface area contributed by atoms with E-state index in [4.69, 9.17) is 21.9 Å². The number of carboxylic acids is 1. The van der Waals surface area contributed by atoms with Crippen LogP contribution in [0.25, 0.3) is 0 Å². The molecule has 2 fully saturated rings. The number of thioether (sulfide) groups is 3. The fraction of sp³-hybridized carbons (Fsp3) is 0.609. The zero-order valence-electron chi connectivity index (χ0n) is 41.8. The summed E-state index contributed by atoms with van der Waals surface area (Å²) in [6, 6.07) is -1.23. The number of hydrogen-bond acceptors (Lipinski definition) is 16. The second kappa shape index (κ2) is 35.0. The van der Waals surface area contributed by atoms with Gasteiger partial charge in [-0.1, -0.05) is 36.8 Å². The summed E-state index contributed by atoms with van der Waals surface area (Å²) < 4.78 is 4.85. The van der Waals surface area contributed by atoms with Crippen molar-refractivity contribution in [1.82, 2.24) is 47.9 Å². The Morgan fingerprint density at radius 3 is 1.87 bits per heavy atom. The van der Waals surface area contributed by atoms with E-state index >= 15 is 0 Å². The number of methoxy groups -OCH3 is 1. The molecule has 29 heteroatoms. The summed E-state index contributed by atoms with van der Waals surface area (Å²) in [5.74, 6) is -9.50. The molecular formula is C46H71N13O13S3. The third kappa shape index (κ3) is 25.6. The Labute approximate surface area is 447 Å². The number of ether oxygens (including phenoxy) is 1. The van der Waals surface area contributed by atoms with Crippen LogP contribution in [-0.2, 0) is 63.9 Å². The topological polar surface area (TPSA) is 416 Å². The Hall–Kier alpha value is -6.33. The summed E-state index contributed by atoms with van der Waals surface area (Å²) in [4.78, 5) is 152. The lowest BCUT2D eigenvalue weighted by atomic mass is 10.0. The van der Waals surface area contributed by atoms with Gasteiger partial charge in [0.1, 0.15) is 48.9 Å². The molecule has 0 unspecified atom stereocenters. The molecule has 2 aliphatic rings. The van der Waals surface area contributed by atoms with Gasteiger partial charge in [0.2, 0.25) is 59.1 Å². The molecule has 3 rings (SSSR count). The SMILES string of the molecule is COCC(=O)NCCCC[C@@H]1NC(=O)CSC[C@@H](C(N)=O)NC(=O)[C@H](Cc2ccccc2)NC(=O)[C@@H]2CSCCCCCSC[C@H](NC1=O)C(=O)N[C@@H](CCCN=C(N)N)C(=O)NCC(=O)N[C@@H](CC(=O)O)C(=O)N2. The number of amides is 10. The highest BCUT2D eigenvalue weighted by Gasteiger charge is 2.34. The van der Waals surface area contributed by atoms with E-state index in [9.17, 15) is 57.8 Å². The van der Waals surface area contributed by atoms with E-state index in [2.05, 4.69) is 52.8 Å². The first-order chi connectivity index (χ1) is 35.9. The molecule has 416 valence electrons. The molecule has 2 aliphatic heterocycles. The van der Waals surface area contributed by atoms with Crippen LogP contribution in [0.1, 0.15) is 63.4 Å². The number of aliphatic imine (C=N–C) groups is 1. The van der Waals surface area contributed by atoms with Gasteiger partial charge in [0.15, 0.2) is 5.96 Å². The predicted octanol–water partition coefficient (Wildman–Crippen LogP) is -3.92. The fourth-order valence-corrected chi connectivity index (χ4v) is 10.3. The number of aliphatic carboxylic acids is 1. The van der Waals surface area contributed by atoms with Gasteiger partial charge in [-0.05, 0) is 62.0 Å². The highest BCUT2D eigenvalue weighted by Crippen LogP contribution is 2.15. The molecular weight excluding hydrogens is 1040 g/mol. The summed E-state index contributed by atoms with van der Waals surface area (Å²) in [7, 11) is 1.37. The smallest absolute Gasteiger partial charge is 0.305 e. The third-order valence-electron chi connectivity index (χ3n) is 11.2. The predicted molar refractivity (Wildman–Crippen MR) is 283 cm³/mol. The van der Waals surface area contributed by atoms with E-state index in [1.54, 1.807) is 30.3 Å². The number of guanidine groups is 1. The van der Waals surface area contributed by atoms with Crippen LogP contribution in [-0.4, -0.2) is 186 Å². The largest absolute Gasteiger partial charge is 0.481 e. The fourth-order valence-electron chi connectivity index (χ4n) is 7.32. The van der Waals surface area contributed by atoms with Gasteiger partial charge in [-0.2, -0.15) is 23.5 Å². The van der Waals surface area contributed by atoms with Crippen LogP contribution < -0.4 is 65.1 Å². The summed E-state index contributed by atoms with van der Waals surface area (Å²) in [5.41, 5.74) is 17.3. The van der Waals surface area contributed by atoms with Crippen molar-refractivity contribution in [2.45, 2.75) is 107 Å². The summed E-state index contributed by atoms with van der Waals surface area (Å²) in [6.45, 7) is -0.699. The van der Waals surface area contributed by atoms with Crippen molar-refractivity contribution in [1.29, 1.82) is 0 Å². The Balaban J connectivity index is 2.13. The number of fused-ring (bicyclic) bond motifs is 10. The number of rotatable bonds is 16. The number of primary amides is 1. The van der Waals surface area contributed by atoms with E-state index in [1.165, 1.54) is 30.6 Å². The number of nitrogens with one attached hydrogen (secondary N) is 9. The number of nitrogens with two attached hydrogens (primary N) is 3. The molecule has 0 saturated carbocycles. The monoisotopic (exact) mass is 1110 g/mol. The lowest BCUT2D eigenvalue weighted by Crippen LogP contribution is -2.60. The second-order valence-corrected chi connectivity index (χ2v) is 20.7. The lowest BCUT2D eigenvalue weighted by Gasteiger charge is -2.26. The van der Waals surface area contributed by atoms with Gasteiger partial charge in [-0.25, -0.2) is 0 Å². The first-order valence-corrected chi connectivity index (χ1v) is 27.8. The molecule has 10 amide bonds. The number of carboxylic acid groups (broad SMARTS) is 1. The van der Waals surface area contributed by atoms with Crippen molar-refractivity contribution in [3.63, 3.8) is 0 Å². The lowest BCUT2D eigenvalue weighted by molar-refractivity contribution is -0.141. The van der Waals surface area contributed by atoms with Crippen LogP contribution in [0.4, 0.5) is 0 Å². The first kappa shape index (κ1) is 63.0. The van der Waals surface area contributed by atoms with Crippen LogP contribution in [0, 0.1) is 0 Å². The first-order valence-electron chi connectivity index (χ1n) is 24.3. The van der Waals surface area contributed by atoms with Crippen LogP contribution >= 0.6 is 35.3 Å². The van der Waals surface area contributed by atoms with Crippen molar-refractivity contribution in [2.24, 2.45) is 22.2 Å². The molecule has 0 aromatic heterocycles. The number of carbonyl (C=O) groups is 11. The maximum absolute atomic E-state index is 14.3. The van der Waals surface area contributed by atoms with Crippen LogP contribution in [0.3, 0.4) is 0 Å². The summed E-state index contributed by atoms with van der Waals surface area (Å²) in [6.07, 6.45) is 1.74. The van der Waals surface area contributed by atoms with Crippen molar-refractivity contribution in [3.05, 3.63) is 35.9 Å². The van der Waals surface area contributed by atoms with Gasteiger partial charge < -0.3 is 74.9 Å². The zero-order chi connectivity index (χ0) is 55.1. The Bertz CT molecular complexity index is 2140. The van der Waals surface area contributed by atoms with Crippen molar-refractivity contribution in [3.8, 4) is 0 Å². The van der Waals surface area contributed by atoms with Crippen LogP contribution in [0.2, 0.25) is 0 Å². The van der Waals surface area contributed by atoms with Crippen molar-refractivity contribution >= 4 is 106 Å². The van der Waals surface area contributed by atoms with Crippen LogP contribution in [0.5, 0.6) is 0 Å². The molecule has 0 radical (unpaired) electrons. The van der Waals surface area contributed by atoms with E-state index in [1.807, 2.05) is 0 Å². The third-order valence-corrected chi connectivity index (χ3v) is 14.5. The summed E-state index contributed by atoms with van der Waals surface area (Å²) in [5, 5.41) is 33.0. The average Bonchev–Trinajstić information content (AvgIpc) is 3.35. The van der Waals surface area contributed by atoms with Gasteiger partial charge in [0, 0.05) is 43.9 Å². The zero-order valence-corrected chi connectivity index (χ0v) is 44.3. The van der Waals surface area contributed by atoms with E-state index in [0.29, 0.717) is 49.2 Å². The maximum Gasteiger partial charge on any atom is 0.305 e. The Morgan fingerprint density at radius 1 is 0.667 bits per heavy atom. The highest BCUT2D eigenvalue weighted by molar-refractivity contribution is 8.00. The summed E-state index contributed by atoms with van der Waals surface area (Å²) >= 11 is 3.53. The molecule has 26 nitrogen and oxygen atoms in total. The van der Waals surface area contributed by atoms with Gasteiger partial charge in [0.25, 0.3) is 0 Å². The molecule has 0 aliphatic carbocycles. The van der Waals surface area contributed by atoms with Crippen LogP contribution in [0.15, 0.2) is 35.3 Å².